The largest absolute Gasteiger partial charge is 0.461 e. The van der Waals surface area contributed by atoms with Crippen LogP contribution in [-0.2, 0) is 6.54 Å². The highest BCUT2D eigenvalue weighted by molar-refractivity contribution is 5.67. The average Bonchev–Trinajstić information content (AvgIpc) is 3.07. The third kappa shape index (κ3) is 1.21. The Hall–Kier alpha value is -2.56. The van der Waals surface area contributed by atoms with Crippen molar-refractivity contribution in [2.24, 2.45) is 0 Å². The number of nitrogens with one attached hydrogen (secondary N) is 1. The lowest BCUT2D eigenvalue weighted by Gasteiger charge is -2.20. The summed E-state index contributed by atoms with van der Waals surface area (Å²) >= 11 is 0. The van der Waals surface area contributed by atoms with E-state index in [-0.39, 0.29) is 0 Å². The Bertz CT molecular complexity index is 700. The SMILES string of the molecule is c1coc(-c2nnc3n2-c2ccccc2NC3)c1. The van der Waals surface area contributed by atoms with E-state index in [0.717, 1.165) is 28.8 Å². The van der Waals surface area contributed by atoms with Gasteiger partial charge in [-0.2, -0.15) is 0 Å². The Morgan fingerprint density at radius 2 is 2.06 bits per heavy atom. The Kier molecular flexibility index (Phi) is 1.82. The lowest BCUT2D eigenvalue weighted by atomic mass is 10.2. The number of aromatic nitrogens is 3. The number of benzene rings is 1. The van der Waals surface area contributed by atoms with Crippen LogP contribution >= 0.6 is 0 Å². The summed E-state index contributed by atoms with van der Waals surface area (Å²) in [6.45, 7) is 0.671. The van der Waals surface area contributed by atoms with E-state index in [9.17, 15) is 0 Å². The van der Waals surface area contributed by atoms with Gasteiger partial charge in [-0.25, -0.2) is 0 Å². The van der Waals surface area contributed by atoms with Crippen molar-refractivity contribution in [1.82, 2.24) is 14.8 Å². The van der Waals surface area contributed by atoms with Gasteiger partial charge in [0.1, 0.15) is 0 Å². The summed E-state index contributed by atoms with van der Waals surface area (Å²) in [6, 6.07) is 11.8. The molecule has 5 heteroatoms. The summed E-state index contributed by atoms with van der Waals surface area (Å²) in [5.41, 5.74) is 2.13. The molecule has 0 bridgehead atoms. The van der Waals surface area contributed by atoms with Crippen LogP contribution in [0, 0.1) is 0 Å². The summed E-state index contributed by atoms with van der Waals surface area (Å²) in [6.07, 6.45) is 1.64. The number of nitrogens with zero attached hydrogens (tertiary/aromatic N) is 3. The number of anilines is 1. The van der Waals surface area contributed by atoms with E-state index in [2.05, 4.69) is 15.5 Å². The van der Waals surface area contributed by atoms with Crippen molar-refractivity contribution in [1.29, 1.82) is 0 Å². The number of hydrogen-bond acceptors (Lipinski definition) is 4. The molecule has 3 heterocycles. The summed E-state index contributed by atoms with van der Waals surface area (Å²) in [5.74, 6) is 2.36. The fraction of sp³-hybridized carbons (Fsp3) is 0.0769. The average molecular weight is 238 g/mol. The predicted molar refractivity (Wildman–Crippen MR) is 66.4 cm³/mol. The summed E-state index contributed by atoms with van der Waals surface area (Å²) in [4.78, 5) is 0. The van der Waals surface area contributed by atoms with Gasteiger partial charge in [-0.3, -0.25) is 4.57 Å². The number of furan rings is 1. The minimum Gasteiger partial charge on any atom is -0.461 e. The van der Waals surface area contributed by atoms with Crippen LogP contribution in [0.3, 0.4) is 0 Å². The van der Waals surface area contributed by atoms with Crippen molar-refractivity contribution in [3.8, 4) is 17.3 Å². The van der Waals surface area contributed by atoms with Gasteiger partial charge < -0.3 is 9.73 Å². The lowest BCUT2D eigenvalue weighted by molar-refractivity contribution is 0.575. The number of hydrogen-bond donors (Lipinski definition) is 1. The van der Waals surface area contributed by atoms with Gasteiger partial charge in [-0.1, -0.05) is 12.1 Å². The molecule has 1 N–H and O–H groups in total. The van der Waals surface area contributed by atoms with Crippen molar-refractivity contribution in [2.45, 2.75) is 6.54 Å². The first-order valence-electron chi connectivity index (χ1n) is 5.75. The normalized spacial score (nSPS) is 12.7. The van der Waals surface area contributed by atoms with Crippen LogP contribution in [0.25, 0.3) is 17.3 Å². The van der Waals surface area contributed by atoms with E-state index < -0.39 is 0 Å². The molecule has 0 saturated heterocycles. The molecule has 5 nitrogen and oxygen atoms in total. The molecule has 0 aliphatic carbocycles. The maximum Gasteiger partial charge on any atom is 0.204 e. The summed E-state index contributed by atoms with van der Waals surface area (Å²) in [7, 11) is 0. The lowest BCUT2D eigenvalue weighted by Crippen LogP contribution is -2.15. The predicted octanol–water partition coefficient (Wildman–Crippen LogP) is 2.45. The highest BCUT2D eigenvalue weighted by atomic mass is 16.3. The van der Waals surface area contributed by atoms with Crippen LogP contribution in [0.4, 0.5) is 5.69 Å². The number of fused-ring (bicyclic) bond motifs is 3. The second-order valence-corrected chi connectivity index (χ2v) is 4.12. The van der Waals surface area contributed by atoms with E-state index in [4.69, 9.17) is 4.42 Å². The minimum absolute atomic E-state index is 0.671. The molecular formula is C13H10N4O. The zero-order chi connectivity index (χ0) is 11.9. The molecule has 0 spiro atoms. The molecule has 0 unspecified atom stereocenters. The van der Waals surface area contributed by atoms with Gasteiger partial charge in [0.15, 0.2) is 11.6 Å². The molecular weight excluding hydrogens is 228 g/mol. The van der Waals surface area contributed by atoms with Gasteiger partial charge in [-0.15, -0.1) is 10.2 Å². The molecule has 3 aromatic rings. The van der Waals surface area contributed by atoms with E-state index in [1.165, 1.54) is 0 Å². The van der Waals surface area contributed by atoms with Crippen molar-refractivity contribution >= 4 is 5.69 Å². The van der Waals surface area contributed by atoms with Crippen LogP contribution in [0.1, 0.15) is 5.82 Å². The molecule has 1 aromatic carbocycles. The summed E-state index contributed by atoms with van der Waals surface area (Å²) < 4.78 is 7.45. The van der Waals surface area contributed by atoms with E-state index in [1.807, 2.05) is 41.0 Å². The molecule has 4 rings (SSSR count). The highest BCUT2D eigenvalue weighted by Gasteiger charge is 2.22. The van der Waals surface area contributed by atoms with Crippen LogP contribution < -0.4 is 5.32 Å². The highest BCUT2D eigenvalue weighted by Crippen LogP contribution is 2.31. The van der Waals surface area contributed by atoms with E-state index in [1.54, 1.807) is 6.26 Å². The maximum absolute atomic E-state index is 5.42. The van der Waals surface area contributed by atoms with Crippen LogP contribution in [0.2, 0.25) is 0 Å². The van der Waals surface area contributed by atoms with Crippen molar-refractivity contribution in [3.63, 3.8) is 0 Å². The molecule has 88 valence electrons. The van der Waals surface area contributed by atoms with Gasteiger partial charge in [0.25, 0.3) is 0 Å². The third-order valence-corrected chi connectivity index (χ3v) is 3.05. The standard InChI is InChI=1S/C13H10N4O/c1-2-5-10-9(4-1)14-8-12-15-16-13(17(10)12)11-6-3-7-18-11/h1-7,14H,8H2. The fourth-order valence-electron chi connectivity index (χ4n) is 2.24. The van der Waals surface area contributed by atoms with Gasteiger partial charge in [0.2, 0.25) is 5.82 Å². The smallest absolute Gasteiger partial charge is 0.204 e. The Morgan fingerprint density at radius 1 is 1.11 bits per heavy atom. The van der Waals surface area contributed by atoms with Crippen LogP contribution in [0.5, 0.6) is 0 Å². The second-order valence-electron chi connectivity index (χ2n) is 4.12. The van der Waals surface area contributed by atoms with E-state index in [0.29, 0.717) is 6.54 Å². The number of para-hydroxylation sites is 2. The molecule has 0 amide bonds. The Balaban J connectivity index is 2.00. The zero-order valence-corrected chi connectivity index (χ0v) is 9.50. The molecule has 1 aliphatic rings. The molecule has 1 aliphatic heterocycles. The van der Waals surface area contributed by atoms with Gasteiger partial charge in [0.05, 0.1) is 24.2 Å². The Morgan fingerprint density at radius 3 is 2.94 bits per heavy atom. The zero-order valence-electron chi connectivity index (χ0n) is 9.50. The summed E-state index contributed by atoms with van der Waals surface area (Å²) in [5, 5.41) is 11.7. The molecule has 18 heavy (non-hydrogen) atoms. The fourth-order valence-corrected chi connectivity index (χ4v) is 2.24. The van der Waals surface area contributed by atoms with Gasteiger partial charge >= 0.3 is 0 Å². The molecule has 0 fully saturated rings. The third-order valence-electron chi connectivity index (χ3n) is 3.05. The first kappa shape index (κ1) is 9.47. The van der Waals surface area contributed by atoms with Crippen LogP contribution in [-0.4, -0.2) is 14.8 Å². The van der Waals surface area contributed by atoms with Crippen LogP contribution in [0.15, 0.2) is 47.1 Å². The molecule has 0 radical (unpaired) electrons. The van der Waals surface area contributed by atoms with Gasteiger partial charge in [0, 0.05) is 0 Å². The number of rotatable bonds is 1. The Labute approximate surface area is 103 Å². The molecule has 0 saturated carbocycles. The second kappa shape index (κ2) is 3.46. The topological polar surface area (TPSA) is 55.9 Å². The minimum atomic E-state index is 0.671. The maximum atomic E-state index is 5.42. The van der Waals surface area contributed by atoms with Crippen molar-refractivity contribution in [2.75, 3.05) is 5.32 Å². The van der Waals surface area contributed by atoms with Gasteiger partial charge in [-0.05, 0) is 24.3 Å². The first-order chi connectivity index (χ1) is 8.93. The first-order valence-corrected chi connectivity index (χ1v) is 5.75. The van der Waals surface area contributed by atoms with E-state index >= 15 is 0 Å². The van der Waals surface area contributed by atoms with Crippen molar-refractivity contribution in [3.05, 3.63) is 48.5 Å². The quantitative estimate of drug-likeness (QED) is 0.707. The monoisotopic (exact) mass is 238 g/mol. The van der Waals surface area contributed by atoms with Crippen molar-refractivity contribution < 1.29 is 4.42 Å². The molecule has 0 atom stereocenters. The molecule has 2 aromatic heterocycles.